The minimum Gasteiger partial charge on any atom is -0.491 e. The first-order valence-corrected chi connectivity index (χ1v) is 11.3. The minimum absolute atomic E-state index is 0. The summed E-state index contributed by atoms with van der Waals surface area (Å²) < 4.78 is 18.9. The summed E-state index contributed by atoms with van der Waals surface area (Å²) in [5.41, 5.74) is 2.47. The van der Waals surface area contributed by atoms with E-state index in [0.29, 0.717) is 19.1 Å². The van der Waals surface area contributed by atoms with E-state index in [2.05, 4.69) is 21.9 Å². The highest BCUT2D eigenvalue weighted by atomic mass is 35.5. The van der Waals surface area contributed by atoms with Gasteiger partial charge in [0, 0.05) is 38.4 Å². The molecule has 1 heterocycles. The number of β-amino-alcohol motifs (C(OH)–C–C–N with tert-alkyl or cyclic N) is 1. The SMILES string of the molecule is Cl.OC(COc1ccc(C2CCCCC2)cc1)CN1CCN(c2ccc(F)cc2)CC1. The van der Waals surface area contributed by atoms with Gasteiger partial charge in [-0.25, -0.2) is 4.39 Å². The molecule has 1 N–H and O–H groups in total. The van der Waals surface area contributed by atoms with Crippen LogP contribution in [0.25, 0.3) is 0 Å². The Labute approximate surface area is 191 Å². The van der Waals surface area contributed by atoms with Crippen LogP contribution in [0.1, 0.15) is 43.6 Å². The van der Waals surface area contributed by atoms with Crippen molar-refractivity contribution >= 4 is 18.1 Å². The van der Waals surface area contributed by atoms with E-state index in [1.807, 2.05) is 24.3 Å². The van der Waals surface area contributed by atoms with Gasteiger partial charge in [0.2, 0.25) is 0 Å². The Morgan fingerprint density at radius 2 is 1.55 bits per heavy atom. The molecule has 0 spiro atoms. The van der Waals surface area contributed by atoms with Crippen molar-refractivity contribution in [2.75, 3.05) is 44.2 Å². The highest BCUT2D eigenvalue weighted by Gasteiger charge is 2.20. The predicted molar refractivity (Wildman–Crippen MR) is 126 cm³/mol. The maximum absolute atomic E-state index is 13.1. The number of halogens is 2. The molecule has 0 bridgehead atoms. The van der Waals surface area contributed by atoms with Crippen LogP contribution in [0.2, 0.25) is 0 Å². The van der Waals surface area contributed by atoms with Crippen LogP contribution in [0.5, 0.6) is 5.75 Å². The second kappa shape index (κ2) is 11.7. The van der Waals surface area contributed by atoms with Crippen LogP contribution in [0, 0.1) is 5.82 Å². The largest absolute Gasteiger partial charge is 0.491 e. The first-order valence-electron chi connectivity index (χ1n) is 11.3. The zero-order valence-corrected chi connectivity index (χ0v) is 18.9. The Balaban J connectivity index is 0.00000272. The zero-order valence-electron chi connectivity index (χ0n) is 18.1. The summed E-state index contributed by atoms with van der Waals surface area (Å²) in [5, 5.41) is 10.4. The number of hydrogen-bond acceptors (Lipinski definition) is 4. The number of benzene rings is 2. The lowest BCUT2D eigenvalue weighted by molar-refractivity contribution is 0.0663. The molecule has 1 saturated carbocycles. The van der Waals surface area contributed by atoms with Crippen molar-refractivity contribution in [1.82, 2.24) is 4.90 Å². The second-order valence-electron chi connectivity index (χ2n) is 8.63. The van der Waals surface area contributed by atoms with Crippen LogP contribution >= 0.6 is 12.4 Å². The van der Waals surface area contributed by atoms with Crippen molar-refractivity contribution in [3.63, 3.8) is 0 Å². The summed E-state index contributed by atoms with van der Waals surface area (Å²) in [5.74, 6) is 1.32. The molecule has 0 radical (unpaired) electrons. The van der Waals surface area contributed by atoms with E-state index in [9.17, 15) is 9.50 Å². The Bertz CT molecular complexity index is 773. The summed E-state index contributed by atoms with van der Waals surface area (Å²) in [4.78, 5) is 4.52. The summed E-state index contributed by atoms with van der Waals surface area (Å²) in [7, 11) is 0. The van der Waals surface area contributed by atoms with Gasteiger partial charge in [-0.3, -0.25) is 4.90 Å². The van der Waals surface area contributed by atoms with Crippen molar-refractivity contribution in [2.45, 2.75) is 44.1 Å². The smallest absolute Gasteiger partial charge is 0.123 e. The Morgan fingerprint density at radius 1 is 0.903 bits per heavy atom. The van der Waals surface area contributed by atoms with Crippen LogP contribution in [-0.4, -0.2) is 55.4 Å². The molecule has 170 valence electrons. The molecule has 4 nitrogen and oxygen atoms in total. The topological polar surface area (TPSA) is 35.9 Å². The normalized spacial score (nSPS) is 19.0. The fourth-order valence-electron chi connectivity index (χ4n) is 4.66. The van der Waals surface area contributed by atoms with Gasteiger partial charge in [0.05, 0.1) is 0 Å². The highest BCUT2D eigenvalue weighted by molar-refractivity contribution is 5.85. The zero-order chi connectivity index (χ0) is 20.8. The summed E-state index contributed by atoms with van der Waals surface area (Å²) >= 11 is 0. The number of aliphatic hydroxyl groups excluding tert-OH is 1. The molecule has 1 aliphatic carbocycles. The second-order valence-corrected chi connectivity index (χ2v) is 8.63. The first-order chi connectivity index (χ1) is 14.7. The summed E-state index contributed by atoms with van der Waals surface area (Å²) in [6.45, 7) is 4.43. The lowest BCUT2D eigenvalue weighted by Gasteiger charge is -2.36. The highest BCUT2D eigenvalue weighted by Crippen LogP contribution is 2.33. The molecule has 4 rings (SSSR count). The van der Waals surface area contributed by atoms with Crippen LogP contribution in [0.15, 0.2) is 48.5 Å². The van der Waals surface area contributed by atoms with E-state index in [1.54, 1.807) is 0 Å². The monoisotopic (exact) mass is 448 g/mol. The van der Waals surface area contributed by atoms with Crippen LogP contribution < -0.4 is 9.64 Å². The van der Waals surface area contributed by atoms with Gasteiger partial charge in [-0.15, -0.1) is 12.4 Å². The molecular formula is C25H34ClFN2O2. The van der Waals surface area contributed by atoms with Gasteiger partial charge in [-0.2, -0.15) is 0 Å². The Kier molecular flexibility index (Phi) is 9.00. The van der Waals surface area contributed by atoms with Gasteiger partial charge in [-0.05, 0) is 60.7 Å². The molecule has 31 heavy (non-hydrogen) atoms. The van der Waals surface area contributed by atoms with E-state index in [-0.39, 0.29) is 18.2 Å². The van der Waals surface area contributed by atoms with Gasteiger partial charge in [0.15, 0.2) is 0 Å². The molecule has 2 aliphatic rings. The summed E-state index contributed by atoms with van der Waals surface area (Å²) in [6.07, 6.45) is 6.14. The lowest BCUT2D eigenvalue weighted by atomic mass is 9.84. The number of piperazine rings is 1. The fraction of sp³-hybridized carbons (Fsp3) is 0.520. The molecule has 0 amide bonds. The van der Waals surface area contributed by atoms with E-state index in [4.69, 9.17) is 4.74 Å². The van der Waals surface area contributed by atoms with Crippen LogP contribution in [0.4, 0.5) is 10.1 Å². The van der Waals surface area contributed by atoms with Crippen molar-refractivity contribution in [3.8, 4) is 5.75 Å². The third-order valence-corrected chi connectivity index (χ3v) is 6.43. The third kappa shape index (κ3) is 6.83. The number of anilines is 1. The first kappa shape index (κ1) is 23.8. The van der Waals surface area contributed by atoms with Crippen LogP contribution in [0.3, 0.4) is 0 Å². The number of ether oxygens (including phenoxy) is 1. The van der Waals surface area contributed by atoms with Gasteiger partial charge in [0.1, 0.15) is 24.3 Å². The van der Waals surface area contributed by atoms with Crippen LogP contribution in [-0.2, 0) is 0 Å². The standard InChI is InChI=1S/C25H33FN2O2.ClH/c26-22-8-10-23(11-9-22)28-16-14-27(15-17-28)18-24(29)19-30-25-12-6-21(7-13-25)20-4-2-1-3-5-20;/h6-13,20,24,29H,1-5,14-19H2;1H. The average molecular weight is 449 g/mol. The molecular weight excluding hydrogens is 415 g/mol. The quantitative estimate of drug-likeness (QED) is 0.656. The van der Waals surface area contributed by atoms with Crippen molar-refractivity contribution in [1.29, 1.82) is 0 Å². The molecule has 2 aromatic carbocycles. The van der Waals surface area contributed by atoms with E-state index in [1.165, 1.54) is 49.8 Å². The van der Waals surface area contributed by atoms with E-state index >= 15 is 0 Å². The van der Waals surface area contributed by atoms with Gasteiger partial charge in [0.25, 0.3) is 0 Å². The van der Waals surface area contributed by atoms with E-state index in [0.717, 1.165) is 37.6 Å². The predicted octanol–water partition coefficient (Wildman–Crippen LogP) is 4.86. The summed E-state index contributed by atoms with van der Waals surface area (Å²) in [6, 6.07) is 15.1. The van der Waals surface area contributed by atoms with Crippen molar-refractivity contribution in [2.24, 2.45) is 0 Å². The fourth-order valence-corrected chi connectivity index (χ4v) is 4.66. The molecule has 6 heteroatoms. The number of aliphatic hydroxyl groups is 1. The van der Waals surface area contributed by atoms with Gasteiger partial charge >= 0.3 is 0 Å². The molecule has 1 unspecified atom stereocenters. The maximum atomic E-state index is 13.1. The number of hydrogen-bond donors (Lipinski definition) is 1. The van der Waals surface area contributed by atoms with Crippen molar-refractivity contribution in [3.05, 3.63) is 59.9 Å². The Morgan fingerprint density at radius 3 is 2.19 bits per heavy atom. The lowest BCUT2D eigenvalue weighted by Crippen LogP contribution is -2.49. The molecule has 2 fully saturated rings. The Hall–Kier alpha value is -1.82. The van der Waals surface area contributed by atoms with Gasteiger partial charge < -0.3 is 14.7 Å². The molecule has 0 aromatic heterocycles. The third-order valence-electron chi connectivity index (χ3n) is 6.43. The molecule has 2 aromatic rings. The molecule has 1 atom stereocenters. The van der Waals surface area contributed by atoms with E-state index < -0.39 is 6.10 Å². The number of nitrogens with zero attached hydrogens (tertiary/aromatic N) is 2. The van der Waals surface area contributed by atoms with Crippen molar-refractivity contribution < 1.29 is 14.2 Å². The maximum Gasteiger partial charge on any atom is 0.123 e. The average Bonchev–Trinajstić information content (AvgIpc) is 2.80. The minimum atomic E-state index is -0.514. The van der Waals surface area contributed by atoms with Gasteiger partial charge in [-0.1, -0.05) is 31.4 Å². The number of rotatable bonds is 7. The molecule has 1 aliphatic heterocycles. The molecule has 1 saturated heterocycles.